The number of H-pyrrole nitrogens is 1. The number of aromatic nitrogens is 1. The zero-order valence-electron chi connectivity index (χ0n) is 8.44. The maximum atomic E-state index is 11.2. The average molecular weight is 330 g/mol. The van der Waals surface area contributed by atoms with Gasteiger partial charge in [0.2, 0.25) is 0 Å². The summed E-state index contributed by atoms with van der Waals surface area (Å²) < 4.78 is 4.57. The molecule has 1 heterocycles. The molecule has 3 N–H and O–H groups in total. The Morgan fingerprint density at radius 1 is 1.50 bits per heavy atom. The second-order valence-corrected chi connectivity index (χ2v) is 4.01. The minimum atomic E-state index is -0.615. The van der Waals surface area contributed by atoms with Crippen LogP contribution < -0.4 is 5.73 Å². The Bertz CT molecular complexity index is 509. The summed E-state index contributed by atoms with van der Waals surface area (Å²) in [6.07, 6.45) is 2.36. The second kappa shape index (κ2) is 4.84. The Kier molecular flexibility index (Phi) is 3.45. The average Bonchev–Trinajstić information content (AvgIpc) is 2.72. The molecule has 0 amide bonds. The Labute approximate surface area is 107 Å². The van der Waals surface area contributed by atoms with Gasteiger partial charge in [-0.1, -0.05) is 18.2 Å². The molecule has 0 saturated heterocycles. The van der Waals surface area contributed by atoms with Crippen LogP contribution >= 0.6 is 23.0 Å². The van der Waals surface area contributed by atoms with Crippen molar-refractivity contribution in [2.75, 3.05) is 0 Å². The lowest BCUT2D eigenvalue weighted by Gasteiger charge is -2.06. The van der Waals surface area contributed by atoms with E-state index in [0.717, 1.165) is 16.5 Å². The van der Waals surface area contributed by atoms with Crippen molar-refractivity contribution in [1.82, 2.24) is 4.98 Å². The summed E-state index contributed by atoms with van der Waals surface area (Å²) >= 11 is 1.55. The fraction of sp³-hybridized carbons (Fsp3) is 0.182. The van der Waals surface area contributed by atoms with Crippen LogP contribution in [-0.4, -0.2) is 17.0 Å². The van der Waals surface area contributed by atoms with E-state index in [2.05, 4.69) is 8.05 Å². The van der Waals surface area contributed by atoms with Gasteiger partial charge in [-0.2, -0.15) is 0 Å². The largest absolute Gasteiger partial charge is 0.393 e. The molecular weight excluding hydrogens is 319 g/mol. The quantitative estimate of drug-likeness (QED) is 0.845. The SMILES string of the molecule is N[C@@H](Cc1c[nH]c2ccccc12)C(=O)OI. The Hall–Kier alpha value is -1.08. The highest BCUT2D eigenvalue weighted by Gasteiger charge is 2.16. The molecule has 4 nitrogen and oxygen atoms in total. The summed E-state index contributed by atoms with van der Waals surface area (Å²) in [5, 5.41) is 1.10. The summed E-state index contributed by atoms with van der Waals surface area (Å²) in [4.78, 5) is 14.4. The number of hydrogen-bond acceptors (Lipinski definition) is 3. The first-order valence-corrected chi connectivity index (χ1v) is 5.73. The Morgan fingerprint density at radius 2 is 2.25 bits per heavy atom. The lowest BCUT2D eigenvalue weighted by atomic mass is 10.1. The molecule has 0 unspecified atom stereocenters. The second-order valence-electron chi connectivity index (χ2n) is 3.57. The molecule has 0 fully saturated rings. The van der Waals surface area contributed by atoms with Crippen molar-refractivity contribution in [1.29, 1.82) is 0 Å². The number of benzene rings is 1. The predicted octanol–water partition coefficient (Wildman–Crippen LogP) is 1.93. The molecule has 0 aliphatic carbocycles. The fourth-order valence-electron chi connectivity index (χ4n) is 1.68. The van der Waals surface area contributed by atoms with Gasteiger partial charge in [0.25, 0.3) is 0 Å². The Morgan fingerprint density at radius 3 is 3.00 bits per heavy atom. The van der Waals surface area contributed by atoms with Gasteiger partial charge in [0.1, 0.15) is 6.04 Å². The van der Waals surface area contributed by atoms with Crippen LogP contribution in [0, 0.1) is 0 Å². The first-order chi connectivity index (χ1) is 7.72. The van der Waals surface area contributed by atoms with Crippen LogP contribution in [0.25, 0.3) is 10.9 Å². The van der Waals surface area contributed by atoms with Crippen LogP contribution in [0.1, 0.15) is 5.56 Å². The molecule has 0 bridgehead atoms. The fourth-order valence-corrected chi connectivity index (χ4v) is 2.00. The van der Waals surface area contributed by atoms with Crippen molar-refractivity contribution in [3.63, 3.8) is 0 Å². The highest BCUT2D eigenvalue weighted by atomic mass is 127. The molecule has 0 aliphatic heterocycles. The number of hydrogen-bond donors (Lipinski definition) is 2. The van der Waals surface area contributed by atoms with E-state index in [9.17, 15) is 4.79 Å². The number of fused-ring (bicyclic) bond motifs is 1. The molecule has 5 heteroatoms. The molecule has 16 heavy (non-hydrogen) atoms. The third-order valence-corrected chi connectivity index (χ3v) is 2.93. The van der Waals surface area contributed by atoms with Crippen molar-refractivity contribution in [3.05, 3.63) is 36.0 Å². The molecule has 0 saturated carbocycles. The number of rotatable bonds is 3. The zero-order valence-corrected chi connectivity index (χ0v) is 10.6. The van der Waals surface area contributed by atoms with Gasteiger partial charge < -0.3 is 13.8 Å². The van der Waals surface area contributed by atoms with Gasteiger partial charge in [0.15, 0.2) is 23.0 Å². The van der Waals surface area contributed by atoms with E-state index >= 15 is 0 Å². The first-order valence-electron chi connectivity index (χ1n) is 4.85. The van der Waals surface area contributed by atoms with Gasteiger partial charge in [0.05, 0.1) is 0 Å². The minimum absolute atomic E-state index is 0.397. The monoisotopic (exact) mass is 330 g/mol. The van der Waals surface area contributed by atoms with Crippen LogP contribution in [0.4, 0.5) is 0 Å². The maximum absolute atomic E-state index is 11.2. The van der Waals surface area contributed by atoms with Crippen LogP contribution in [0.2, 0.25) is 0 Å². The summed E-state index contributed by atoms with van der Waals surface area (Å²) in [5.41, 5.74) is 7.80. The number of carbonyl (C=O) groups is 1. The van der Waals surface area contributed by atoms with Crippen LogP contribution in [-0.2, 0) is 14.3 Å². The number of para-hydroxylation sites is 1. The molecule has 84 valence electrons. The molecule has 2 aromatic rings. The van der Waals surface area contributed by atoms with E-state index in [4.69, 9.17) is 5.73 Å². The van der Waals surface area contributed by atoms with Gasteiger partial charge in [-0.3, -0.25) is 0 Å². The standard InChI is InChI=1S/C11H11IN2O2/c12-16-11(15)9(13)5-7-6-14-10-4-2-1-3-8(7)10/h1-4,6,9,14H,5,13H2/t9-/m0/s1. The van der Waals surface area contributed by atoms with Crippen molar-refractivity contribution in [2.45, 2.75) is 12.5 Å². The van der Waals surface area contributed by atoms with E-state index < -0.39 is 12.0 Å². The van der Waals surface area contributed by atoms with Gasteiger partial charge in [-0.15, -0.1) is 0 Å². The van der Waals surface area contributed by atoms with E-state index in [1.54, 1.807) is 23.0 Å². The predicted molar refractivity (Wildman–Crippen MR) is 70.1 cm³/mol. The van der Waals surface area contributed by atoms with E-state index in [1.807, 2.05) is 30.5 Å². The van der Waals surface area contributed by atoms with Crippen molar-refractivity contribution in [3.8, 4) is 0 Å². The molecule has 1 atom stereocenters. The lowest BCUT2D eigenvalue weighted by molar-refractivity contribution is -0.132. The van der Waals surface area contributed by atoms with E-state index in [1.165, 1.54) is 0 Å². The molecule has 0 radical (unpaired) electrons. The first kappa shape index (κ1) is 11.4. The third-order valence-electron chi connectivity index (χ3n) is 2.49. The molecule has 1 aromatic heterocycles. The maximum Gasteiger partial charge on any atom is 0.332 e. The molecular formula is C11H11IN2O2. The van der Waals surface area contributed by atoms with Crippen LogP contribution in [0.15, 0.2) is 30.5 Å². The highest BCUT2D eigenvalue weighted by molar-refractivity contribution is 14.1. The van der Waals surface area contributed by atoms with E-state index in [-0.39, 0.29) is 0 Å². The molecule has 2 rings (SSSR count). The minimum Gasteiger partial charge on any atom is -0.393 e. The van der Waals surface area contributed by atoms with Crippen molar-refractivity contribution < 1.29 is 7.86 Å². The summed E-state index contributed by atoms with van der Waals surface area (Å²) in [5.74, 6) is -0.397. The lowest BCUT2D eigenvalue weighted by Crippen LogP contribution is -2.32. The Balaban J connectivity index is 2.24. The number of aromatic amines is 1. The summed E-state index contributed by atoms with van der Waals surface area (Å²) in [6, 6.07) is 7.30. The molecule has 1 aromatic carbocycles. The normalized spacial score (nSPS) is 12.6. The number of carbonyl (C=O) groups excluding carboxylic acids is 1. The molecule has 0 aliphatic rings. The van der Waals surface area contributed by atoms with Gasteiger partial charge in [-0.05, 0) is 11.6 Å². The van der Waals surface area contributed by atoms with E-state index in [0.29, 0.717) is 6.42 Å². The number of nitrogens with two attached hydrogens (primary N) is 1. The van der Waals surface area contributed by atoms with Crippen LogP contribution in [0.3, 0.4) is 0 Å². The highest BCUT2D eigenvalue weighted by Crippen LogP contribution is 2.18. The van der Waals surface area contributed by atoms with Crippen molar-refractivity contribution in [2.24, 2.45) is 5.73 Å². The number of halogens is 1. The summed E-state index contributed by atoms with van der Waals surface area (Å²) in [7, 11) is 0. The number of nitrogens with one attached hydrogen (secondary N) is 1. The third kappa shape index (κ3) is 2.19. The van der Waals surface area contributed by atoms with Crippen molar-refractivity contribution >= 4 is 39.9 Å². The topological polar surface area (TPSA) is 68.1 Å². The van der Waals surface area contributed by atoms with Gasteiger partial charge >= 0.3 is 5.97 Å². The van der Waals surface area contributed by atoms with Gasteiger partial charge in [0, 0.05) is 23.5 Å². The molecule has 0 spiro atoms. The smallest absolute Gasteiger partial charge is 0.332 e. The zero-order chi connectivity index (χ0) is 11.5. The van der Waals surface area contributed by atoms with Crippen LogP contribution in [0.5, 0.6) is 0 Å². The van der Waals surface area contributed by atoms with Gasteiger partial charge in [-0.25, -0.2) is 4.79 Å². The summed E-state index contributed by atoms with van der Waals surface area (Å²) in [6.45, 7) is 0.